The third-order valence-electron chi connectivity index (χ3n) is 6.72. The quantitative estimate of drug-likeness (QED) is 0.213. The highest BCUT2D eigenvalue weighted by Gasteiger charge is 2.31. The van der Waals surface area contributed by atoms with Crippen molar-refractivity contribution in [1.82, 2.24) is 19.9 Å². The number of anilines is 5. The smallest absolute Gasteiger partial charge is 0.352 e. The van der Waals surface area contributed by atoms with E-state index >= 15 is 0 Å². The molecule has 1 atom stereocenters. The van der Waals surface area contributed by atoms with Crippen LogP contribution in [0.25, 0.3) is 0 Å². The van der Waals surface area contributed by atoms with Gasteiger partial charge in [-0.2, -0.15) is 41.3 Å². The van der Waals surface area contributed by atoms with E-state index in [1.54, 1.807) is 18.3 Å². The zero-order chi connectivity index (χ0) is 30.8. The van der Waals surface area contributed by atoms with Crippen LogP contribution in [0.1, 0.15) is 23.6 Å². The van der Waals surface area contributed by atoms with E-state index in [4.69, 9.17) is 11.6 Å². The van der Waals surface area contributed by atoms with E-state index in [0.717, 1.165) is 24.3 Å². The summed E-state index contributed by atoms with van der Waals surface area (Å²) >= 11 is 6.34. The fraction of sp³-hybridized carbons (Fsp3) is 0.286. The summed E-state index contributed by atoms with van der Waals surface area (Å²) in [5.41, 5.74) is -0.940. The maximum atomic E-state index is 13.2. The van der Waals surface area contributed by atoms with Gasteiger partial charge in [-0.3, -0.25) is 0 Å². The van der Waals surface area contributed by atoms with E-state index < -0.39 is 23.5 Å². The first-order valence-electron chi connectivity index (χ1n) is 13.1. The summed E-state index contributed by atoms with van der Waals surface area (Å²) in [4.78, 5) is 21.7. The summed E-state index contributed by atoms with van der Waals surface area (Å²) in [5.74, 6) is 1.03. The van der Waals surface area contributed by atoms with Crippen molar-refractivity contribution in [3.05, 3.63) is 88.6 Å². The Morgan fingerprint density at radius 1 is 0.860 bits per heavy atom. The van der Waals surface area contributed by atoms with E-state index in [9.17, 15) is 26.3 Å². The van der Waals surface area contributed by atoms with Crippen LogP contribution < -0.4 is 20.4 Å². The average Bonchev–Trinajstić information content (AvgIpc) is 2.96. The number of rotatable bonds is 7. The van der Waals surface area contributed by atoms with Crippen molar-refractivity contribution in [3.63, 3.8) is 0 Å². The Balaban J connectivity index is 1.40. The lowest BCUT2D eigenvalue weighted by Gasteiger charge is -2.40. The summed E-state index contributed by atoms with van der Waals surface area (Å²) in [7, 11) is 0. The Bertz CT molecular complexity index is 1560. The first-order chi connectivity index (χ1) is 20.4. The molecule has 2 aromatic heterocycles. The molecule has 0 bridgehead atoms. The highest BCUT2D eigenvalue weighted by Crippen LogP contribution is 2.32. The molecule has 0 aliphatic carbocycles. The van der Waals surface area contributed by atoms with Crippen molar-refractivity contribution >= 4 is 41.0 Å². The van der Waals surface area contributed by atoms with Gasteiger partial charge in [0.15, 0.2) is 0 Å². The Morgan fingerprint density at radius 2 is 1.58 bits per heavy atom. The van der Waals surface area contributed by atoms with Gasteiger partial charge in [0.2, 0.25) is 17.8 Å². The predicted octanol–water partition coefficient (Wildman–Crippen LogP) is 7.03. The molecule has 0 spiro atoms. The molecular weight excluding hydrogens is 598 g/mol. The predicted molar refractivity (Wildman–Crippen MR) is 152 cm³/mol. The van der Waals surface area contributed by atoms with Gasteiger partial charge in [-0.15, -0.1) is 0 Å². The van der Waals surface area contributed by atoms with Crippen LogP contribution in [0.15, 0.2) is 66.9 Å². The van der Waals surface area contributed by atoms with Gasteiger partial charge in [0.05, 0.1) is 16.1 Å². The number of hydrogen-bond donors (Lipinski definition) is 2. The number of halogens is 7. The van der Waals surface area contributed by atoms with E-state index in [-0.39, 0.29) is 30.4 Å². The average molecular weight is 623 g/mol. The molecule has 5 rings (SSSR count). The van der Waals surface area contributed by atoms with Crippen molar-refractivity contribution < 1.29 is 26.3 Å². The van der Waals surface area contributed by atoms with E-state index in [2.05, 4.69) is 30.6 Å². The van der Waals surface area contributed by atoms with Crippen LogP contribution in [0.3, 0.4) is 0 Å². The summed E-state index contributed by atoms with van der Waals surface area (Å²) < 4.78 is 78.6. The monoisotopic (exact) mass is 622 g/mol. The SMILES string of the molecule is CC1CN(c2ncccc2Cl)CCN1c1nc(NCc2cccc(C(F)(F)F)c2)nc(Nc2ccc(C(F)(F)F)cc2)n1. The third kappa shape index (κ3) is 7.37. The van der Waals surface area contributed by atoms with E-state index in [1.165, 1.54) is 24.3 Å². The minimum absolute atomic E-state index is 0.0192. The molecule has 43 heavy (non-hydrogen) atoms. The van der Waals surface area contributed by atoms with Gasteiger partial charge in [0, 0.05) is 44.1 Å². The van der Waals surface area contributed by atoms with Gasteiger partial charge < -0.3 is 20.4 Å². The van der Waals surface area contributed by atoms with E-state index in [1.807, 2.05) is 16.7 Å². The molecule has 1 aliphatic heterocycles. The normalized spacial score (nSPS) is 15.9. The van der Waals surface area contributed by atoms with E-state index in [0.29, 0.717) is 41.7 Å². The first kappa shape index (κ1) is 30.1. The number of alkyl halides is 6. The Labute approximate surface area is 247 Å². The van der Waals surface area contributed by atoms with Crippen molar-refractivity contribution in [2.45, 2.75) is 31.9 Å². The fourth-order valence-electron chi connectivity index (χ4n) is 4.60. The van der Waals surface area contributed by atoms with Gasteiger partial charge in [-0.1, -0.05) is 23.7 Å². The van der Waals surface area contributed by atoms with Gasteiger partial charge >= 0.3 is 12.4 Å². The minimum atomic E-state index is -4.49. The largest absolute Gasteiger partial charge is 0.416 e. The molecule has 15 heteroatoms. The van der Waals surface area contributed by atoms with Gasteiger partial charge in [0.1, 0.15) is 5.82 Å². The molecular formula is C28H25ClF6N8. The molecule has 226 valence electrons. The molecule has 0 saturated carbocycles. The Morgan fingerprint density at radius 3 is 2.26 bits per heavy atom. The molecule has 2 N–H and O–H groups in total. The second-order valence-corrected chi connectivity index (χ2v) is 10.2. The molecule has 4 aromatic rings. The molecule has 0 radical (unpaired) electrons. The lowest BCUT2D eigenvalue weighted by Crippen LogP contribution is -2.53. The molecule has 1 fully saturated rings. The lowest BCUT2D eigenvalue weighted by atomic mass is 10.1. The van der Waals surface area contributed by atoms with Crippen LogP contribution in [-0.2, 0) is 18.9 Å². The van der Waals surface area contributed by atoms with Crippen LogP contribution in [-0.4, -0.2) is 45.6 Å². The fourth-order valence-corrected chi connectivity index (χ4v) is 4.84. The van der Waals surface area contributed by atoms with Crippen LogP contribution in [0.5, 0.6) is 0 Å². The summed E-state index contributed by atoms with van der Waals surface area (Å²) in [6, 6.07) is 12.6. The molecule has 8 nitrogen and oxygen atoms in total. The number of nitrogens with one attached hydrogen (secondary N) is 2. The standard InChI is InChI=1S/C28H25ClF6N8/c1-17-16-42(23-22(29)6-3-11-36-23)12-13-43(17)26-40-24(37-15-18-4-2-5-20(14-18)28(33,34)35)39-25(41-26)38-21-9-7-19(8-10-21)27(30,31)32/h2-11,14,17H,12-13,15-16H2,1H3,(H2,37,38,39,40,41). The summed E-state index contributed by atoms with van der Waals surface area (Å²) in [6.45, 7) is 3.50. The van der Waals surface area contributed by atoms with Crippen LogP contribution in [0.2, 0.25) is 5.02 Å². The number of nitrogens with zero attached hydrogens (tertiary/aromatic N) is 6. The van der Waals surface area contributed by atoms with Crippen molar-refractivity contribution in [1.29, 1.82) is 0 Å². The third-order valence-corrected chi connectivity index (χ3v) is 7.01. The number of aromatic nitrogens is 4. The summed E-state index contributed by atoms with van der Waals surface area (Å²) in [6.07, 6.45) is -7.32. The highest BCUT2D eigenvalue weighted by atomic mass is 35.5. The van der Waals surface area contributed by atoms with Crippen LogP contribution in [0, 0.1) is 0 Å². The number of hydrogen-bond acceptors (Lipinski definition) is 8. The van der Waals surface area contributed by atoms with Crippen LogP contribution >= 0.6 is 11.6 Å². The highest BCUT2D eigenvalue weighted by molar-refractivity contribution is 6.32. The maximum absolute atomic E-state index is 13.2. The van der Waals surface area contributed by atoms with Crippen molar-refractivity contribution in [3.8, 4) is 0 Å². The van der Waals surface area contributed by atoms with Gasteiger partial charge in [0.25, 0.3) is 0 Å². The maximum Gasteiger partial charge on any atom is 0.416 e. The molecule has 2 aromatic carbocycles. The van der Waals surface area contributed by atoms with Gasteiger partial charge in [-0.25, -0.2) is 4.98 Å². The molecule has 1 aliphatic rings. The zero-order valence-corrected chi connectivity index (χ0v) is 23.3. The molecule has 1 saturated heterocycles. The number of benzene rings is 2. The zero-order valence-electron chi connectivity index (χ0n) is 22.6. The van der Waals surface area contributed by atoms with Crippen molar-refractivity contribution in [2.24, 2.45) is 0 Å². The second kappa shape index (κ2) is 12.1. The van der Waals surface area contributed by atoms with Crippen molar-refractivity contribution in [2.75, 3.05) is 40.1 Å². The Kier molecular flexibility index (Phi) is 8.49. The van der Waals surface area contributed by atoms with Gasteiger partial charge in [-0.05, 0) is 61.0 Å². The molecule has 3 heterocycles. The first-order valence-corrected chi connectivity index (χ1v) is 13.5. The minimum Gasteiger partial charge on any atom is -0.352 e. The number of piperazine rings is 1. The topological polar surface area (TPSA) is 82.1 Å². The number of pyridine rings is 1. The lowest BCUT2D eigenvalue weighted by molar-refractivity contribution is -0.138. The Hall–Kier alpha value is -4.33. The molecule has 0 amide bonds. The molecule has 1 unspecified atom stereocenters. The summed E-state index contributed by atoms with van der Waals surface area (Å²) in [5, 5.41) is 6.37. The van der Waals surface area contributed by atoms with Crippen LogP contribution in [0.4, 0.5) is 55.7 Å². The second-order valence-electron chi connectivity index (χ2n) is 9.83.